The van der Waals surface area contributed by atoms with Gasteiger partial charge in [-0.2, -0.15) is 0 Å². The first-order valence-electron chi connectivity index (χ1n) is 5.99. The second kappa shape index (κ2) is 5.85. The predicted octanol–water partition coefficient (Wildman–Crippen LogP) is 3.57. The molecule has 100 valence electrons. The van der Waals surface area contributed by atoms with E-state index in [-0.39, 0.29) is 0 Å². The highest BCUT2D eigenvalue weighted by molar-refractivity contribution is 6.30. The topological polar surface area (TPSA) is 38.5 Å². The number of hydrogen-bond donors (Lipinski definition) is 1. The van der Waals surface area contributed by atoms with Crippen molar-refractivity contribution in [1.82, 2.24) is 0 Å². The monoisotopic (exact) mass is 276 g/mol. The molecule has 2 aromatic carbocycles. The van der Waals surface area contributed by atoms with Crippen molar-refractivity contribution in [2.75, 3.05) is 24.8 Å². The number of anilines is 2. The van der Waals surface area contributed by atoms with Crippen molar-refractivity contribution in [1.29, 1.82) is 0 Å². The van der Waals surface area contributed by atoms with Gasteiger partial charge in [-0.05, 0) is 42.5 Å². The van der Waals surface area contributed by atoms with Gasteiger partial charge in [-0.15, -0.1) is 0 Å². The average molecular weight is 277 g/mol. The molecule has 0 aliphatic carbocycles. The molecule has 0 saturated heterocycles. The molecule has 2 aromatic rings. The van der Waals surface area contributed by atoms with Gasteiger partial charge in [-0.25, -0.2) is 0 Å². The summed E-state index contributed by atoms with van der Waals surface area (Å²) in [6, 6.07) is 13.4. The lowest BCUT2D eigenvalue weighted by atomic mass is 10.1. The summed E-state index contributed by atoms with van der Waals surface area (Å²) in [6.45, 7) is 0.716. The highest BCUT2D eigenvalue weighted by atomic mass is 35.5. The number of nitrogens with two attached hydrogens (primary N) is 1. The molecule has 0 fully saturated rings. The minimum atomic E-state index is 0.710. The number of nitrogens with zero attached hydrogens (tertiary/aromatic N) is 1. The maximum absolute atomic E-state index is 6.03. The molecule has 19 heavy (non-hydrogen) atoms. The minimum Gasteiger partial charge on any atom is -0.496 e. The number of nitrogen functional groups attached to an aromatic ring is 1. The smallest absolute Gasteiger partial charge is 0.123 e. The van der Waals surface area contributed by atoms with E-state index >= 15 is 0 Å². The average Bonchev–Trinajstić information content (AvgIpc) is 2.39. The summed E-state index contributed by atoms with van der Waals surface area (Å²) in [7, 11) is 3.68. The van der Waals surface area contributed by atoms with E-state index in [1.165, 1.54) is 0 Å². The Hall–Kier alpha value is -1.87. The number of halogens is 1. The van der Waals surface area contributed by atoms with Crippen LogP contribution in [0.25, 0.3) is 0 Å². The van der Waals surface area contributed by atoms with E-state index in [1.54, 1.807) is 7.11 Å². The lowest BCUT2D eigenvalue weighted by Gasteiger charge is -2.21. The van der Waals surface area contributed by atoms with Crippen LogP contribution in [0.5, 0.6) is 5.75 Å². The van der Waals surface area contributed by atoms with Gasteiger partial charge in [0, 0.05) is 35.6 Å². The van der Waals surface area contributed by atoms with Gasteiger partial charge in [-0.1, -0.05) is 11.6 Å². The second-order valence-electron chi connectivity index (χ2n) is 4.40. The van der Waals surface area contributed by atoms with E-state index in [0.29, 0.717) is 11.6 Å². The normalized spacial score (nSPS) is 10.3. The van der Waals surface area contributed by atoms with Crippen molar-refractivity contribution in [2.45, 2.75) is 6.54 Å². The van der Waals surface area contributed by atoms with E-state index in [9.17, 15) is 0 Å². The van der Waals surface area contributed by atoms with E-state index in [1.807, 2.05) is 49.5 Å². The lowest BCUT2D eigenvalue weighted by Crippen LogP contribution is -2.16. The Morgan fingerprint density at radius 1 is 1.16 bits per heavy atom. The quantitative estimate of drug-likeness (QED) is 0.868. The molecule has 0 aromatic heterocycles. The van der Waals surface area contributed by atoms with Gasteiger partial charge in [0.15, 0.2) is 0 Å². The van der Waals surface area contributed by atoms with Gasteiger partial charge in [0.25, 0.3) is 0 Å². The first-order valence-corrected chi connectivity index (χ1v) is 6.37. The largest absolute Gasteiger partial charge is 0.496 e. The Kier molecular flexibility index (Phi) is 4.17. The standard InChI is InChI=1S/C15H17ClN2O/c1-18(14-6-4-13(17)5-7-14)10-11-9-12(16)3-8-15(11)19-2/h3-9H,10,17H2,1-2H3. The molecule has 4 heteroatoms. The summed E-state index contributed by atoms with van der Waals surface area (Å²) >= 11 is 6.03. The van der Waals surface area contributed by atoms with Gasteiger partial charge in [0.2, 0.25) is 0 Å². The van der Waals surface area contributed by atoms with Crippen LogP contribution in [0, 0.1) is 0 Å². The molecule has 0 radical (unpaired) electrons. The fourth-order valence-corrected chi connectivity index (χ4v) is 2.14. The van der Waals surface area contributed by atoms with Gasteiger partial charge < -0.3 is 15.4 Å². The number of benzene rings is 2. The molecule has 0 heterocycles. The van der Waals surface area contributed by atoms with Crippen molar-refractivity contribution in [3.05, 3.63) is 53.1 Å². The zero-order valence-corrected chi connectivity index (χ0v) is 11.8. The Bertz CT molecular complexity index is 555. The van der Waals surface area contributed by atoms with Crippen molar-refractivity contribution in [2.24, 2.45) is 0 Å². The van der Waals surface area contributed by atoms with E-state index in [2.05, 4.69) is 4.90 Å². The summed E-state index contributed by atoms with van der Waals surface area (Å²) in [6.07, 6.45) is 0. The van der Waals surface area contributed by atoms with Crippen molar-refractivity contribution in [3.8, 4) is 5.75 Å². The molecular weight excluding hydrogens is 260 g/mol. The lowest BCUT2D eigenvalue weighted by molar-refractivity contribution is 0.409. The Labute approximate surface area is 118 Å². The maximum atomic E-state index is 6.03. The van der Waals surface area contributed by atoms with E-state index in [0.717, 1.165) is 22.7 Å². The number of rotatable bonds is 4. The Morgan fingerprint density at radius 2 is 1.84 bits per heavy atom. The third-order valence-electron chi connectivity index (χ3n) is 2.98. The molecule has 0 aliphatic heterocycles. The van der Waals surface area contributed by atoms with Crippen molar-refractivity contribution >= 4 is 23.0 Å². The molecular formula is C15H17ClN2O. The summed E-state index contributed by atoms with van der Waals surface area (Å²) in [4.78, 5) is 2.12. The molecule has 0 spiro atoms. The Morgan fingerprint density at radius 3 is 2.47 bits per heavy atom. The number of methoxy groups -OCH3 is 1. The summed E-state index contributed by atoms with van der Waals surface area (Å²) in [5, 5.41) is 0.710. The third kappa shape index (κ3) is 3.32. The molecule has 0 unspecified atom stereocenters. The van der Waals surface area contributed by atoms with Crippen LogP contribution in [0.2, 0.25) is 5.02 Å². The molecule has 0 aliphatic rings. The van der Waals surface area contributed by atoms with E-state index < -0.39 is 0 Å². The molecule has 0 saturated carbocycles. The molecule has 2 rings (SSSR count). The van der Waals surface area contributed by atoms with Crippen molar-refractivity contribution in [3.63, 3.8) is 0 Å². The summed E-state index contributed by atoms with van der Waals surface area (Å²) in [5.74, 6) is 0.840. The van der Waals surface area contributed by atoms with Crippen LogP contribution in [-0.2, 0) is 6.54 Å². The molecule has 0 atom stereocenters. The van der Waals surface area contributed by atoms with E-state index in [4.69, 9.17) is 22.1 Å². The molecule has 3 nitrogen and oxygen atoms in total. The van der Waals surface area contributed by atoms with Crippen molar-refractivity contribution < 1.29 is 4.74 Å². The molecule has 0 amide bonds. The second-order valence-corrected chi connectivity index (χ2v) is 4.84. The molecule has 0 bridgehead atoms. The number of hydrogen-bond acceptors (Lipinski definition) is 3. The first kappa shape index (κ1) is 13.6. The SMILES string of the molecule is COc1ccc(Cl)cc1CN(C)c1ccc(N)cc1. The van der Waals surface area contributed by atoms with Crippen LogP contribution >= 0.6 is 11.6 Å². The van der Waals surface area contributed by atoms with Crippen LogP contribution in [0.15, 0.2) is 42.5 Å². The van der Waals surface area contributed by atoms with Gasteiger partial charge in [0.05, 0.1) is 7.11 Å². The summed E-state index contributed by atoms with van der Waals surface area (Å²) in [5.41, 5.74) is 8.59. The van der Waals surface area contributed by atoms with Crippen LogP contribution in [0.4, 0.5) is 11.4 Å². The third-order valence-corrected chi connectivity index (χ3v) is 3.22. The highest BCUT2D eigenvalue weighted by Crippen LogP contribution is 2.25. The zero-order valence-electron chi connectivity index (χ0n) is 11.1. The first-order chi connectivity index (χ1) is 9.10. The van der Waals surface area contributed by atoms with Crippen LogP contribution in [0.1, 0.15) is 5.56 Å². The Balaban J connectivity index is 2.20. The zero-order chi connectivity index (χ0) is 13.8. The number of ether oxygens (including phenoxy) is 1. The fourth-order valence-electron chi connectivity index (χ4n) is 1.95. The summed E-state index contributed by atoms with van der Waals surface area (Å²) < 4.78 is 5.35. The molecule has 2 N–H and O–H groups in total. The predicted molar refractivity (Wildman–Crippen MR) is 81.0 cm³/mol. The highest BCUT2D eigenvalue weighted by Gasteiger charge is 2.08. The minimum absolute atomic E-state index is 0.710. The van der Waals surface area contributed by atoms with Gasteiger partial charge >= 0.3 is 0 Å². The van der Waals surface area contributed by atoms with Gasteiger partial charge in [0.1, 0.15) is 5.75 Å². The van der Waals surface area contributed by atoms with Crippen LogP contribution in [-0.4, -0.2) is 14.2 Å². The maximum Gasteiger partial charge on any atom is 0.123 e. The van der Waals surface area contributed by atoms with Crippen LogP contribution < -0.4 is 15.4 Å². The van der Waals surface area contributed by atoms with Crippen LogP contribution in [0.3, 0.4) is 0 Å². The fraction of sp³-hybridized carbons (Fsp3) is 0.200. The van der Waals surface area contributed by atoms with Gasteiger partial charge in [-0.3, -0.25) is 0 Å².